The number of carbonyl (C=O) groups is 1. The molecule has 0 radical (unpaired) electrons. The first-order valence-corrected chi connectivity index (χ1v) is 9.59. The third-order valence-corrected chi connectivity index (χ3v) is 3.97. The second-order valence-corrected chi connectivity index (χ2v) is 6.55. The summed E-state index contributed by atoms with van der Waals surface area (Å²) in [6.07, 6.45) is 0. The molecule has 0 aliphatic rings. The molecule has 0 heterocycles. The van der Waals surface area contributed by atoms with Gasteiger partial charge in [-0.15, -0.1) is 24.0 Å². The number of amides is 1. The lowest BCUT2D eigenvalue weighted by molar-refractivity contribution is -0.123. The van der Waals surface area contributed by atoms with E-state index in [2.05, 4.69) is 64.0 Å². The molecule has 0 aromatic heterocycles. The molecule has 0 unspecified atom stereocenters. The molecule has 3 N–H and O–H groups in total. The third-order valence-electron chi connectivity index (χ3n) is 3.97. The number of nitrogens with one attached hydrogen (secondary N) is 3. The highest BCUT2D eigenvalue weighted by atomic mass is 127. The van der Waals surface area contributed by atoms with Crippen molar-refractivity contribution in [2.24, 2.45) is 10.9 Å². The Morgan fingerprint density at radius 3 is 2.48 bits per heavy atom. The molecule has 0 fully saturated rings. The van der Waals surface area contributed by atoms with Crippen LogP contribution < -0.4 is 20.9 Å². The summed E-state index contributed by atoms with van der Waals surface area (Å²) >= 11 is 0. The van der Waals surface area contributed by atoms with Crippen molar-refractivity contribution < 1.29 is 4.79 Å². The van der Waals surface area contributed by atoms with Crippen LogP contribution in [-0.4, -0.2) is 51.1 Å². The number of guanidine groups is 1. The van der Waals surface area contributed by atoms with E-state index in [4.69, 9.17) is 0 Å². The molecule has 1 aromatic rings. The van der Waals surface area contributed by atoms with Gasteiger partial charge in [0.15, 0.2) is 5.96 Å². The maximum atomic E-state index is 11.6. The number of halogens is 1. The van der Waals surface area contributed by atoms with Crippen molar-refractivity contribution >= 4 is 41.5 Å². The maximum absolute atomic E-state index is 11.6. The molecule has 0 saturated heterocycles. The normalized spacial score (nSPS) is 11.0. The fourth-order valence-electron chi connectivity index (χ4n) is 2.50. The van der Waals surface area contributed by atoms with Gasteiger partial charge in [0.05, 0.1) is 6.54 Å². The van der Waals surface area contributed by atoms with E-state index in [0.29, 0.717) is 13.1 Å². The molecule has 7 heteroatoms. The molecular formula is C20H36IN5O. The summed E-state index contributed by atoms with van der Waals surface area (Å²) in [4.78, 5) is 18.4. The smallest absolute Gasteiger partial charge is 0.222 e. The summed E-state index contributed by atoms with van der Waals surface area (Å²) in [6, 6.07) is 8.56. The van der Waals surface area contributed by atoms with Crippen LogP contribution in [0.5, 0.6) is 0 Å². The van der Waals surface area contributed by atoms with E-state index in [1.807, 2.05) is 20.8 Å². The summed E-state index contributed by atoms with van der Waals surface area (Å²) in [5, 5.41) is 9.49. The second kappa shape index (κ2) is 14.5. The van der Waals surface area contributed by atoms with Crippen LogP contribution in [0.1, 0.15) is 33.3 Å². The zero-order chi connectivity index (χ0) is 19.4. The second-order valence-electron chi connectivity index (χ2n) is 6.55. The number of aliphatic imine (C=N–C) groups is 1. The summed E-state index contributed by atoms with van der Waals surface area (Å²) in [6.45, 7) is 14.7. The van der Waals surface area contributed by atoms with E-state index in [9.17, 15) is 4.79 Å². The predicted molar refractivity (Wildman–Crippen MR) is 126 cm³/mol. The Hall–Kier alpha value is -1.51. The minimum atomic E-state index is 0. The van der Waals surface area contributed by atoms with E-state index in [0.717, 1.165) is 32.1 Å². The number of hydrogen-bond donors (Lipinski definition) is 3. The highest BCUT2D eigenvalue weighted by Crippen LogP contribution is 2.14. The molecule has 1 rings (SSSR count). The van der Waals surface area contributed by atoms with Crippen molar-refractivity contribution in [2.45, 2.75) is 34.6 Å². The van der Waals surface area contributed by atoms with E-state index in [1.165, 1.54) is 11.3 Å². The molecule has 0 atom stereocenters. The molecule has 1 aromatic carbocycles. The average molecular weight is 489 g/mol. The van der Waals surface area contributed by atoms with Crippen molar-refractivity contribution in [1.82, 2.24) is 16.0 Å². The Morgan fingerprint density at radius 1 is 1.15 bits per heavy atom. The number of hydrogen-bond acceptors (Lipinski definition) is 3. The number of carbonyl (C=O) groups excluding carboxylic acids is 1. The van der Waals surface area contributed by atoms with Crippen molar-refractivity contribution in [3.05, 3.63) is 29.8 Å². The zero-order valence-corrected chi connectivity index (χ0v) is 19.7. The number of rotatable bonds is 10. The maximum Gasteiger partial charge on any atom is 0.222 e. The van der Waals surface area contributed by atoms with Crippen LogP contribution in [0.3, 0.4) is 0 Å². The lowest BCUT2D eigenvalue weighted by Gasteiger charge is -2.24. The first kappa shape index (κ1) is 25.5. The van der Waals surface area contributed by atoms with Gasteiger partial charge in [-0.1, -0.05) is 26.0 Å². The van der Waals surface area contributed by atoms with Gasteiger partial charge in [0.1, 0.15) is 0 Å². The van der Waals surface area contributed by atoms with Gasteiger partial charge < -0.3 is 20.9 Å². The first-order valence-electron chi connectivity index (χ1n) is 9.59. The third kappa shape index (κ3) is 10.4. The van der Waals surface area contributed by atoms with Crippen LogP contribution in [0, 0.1) is 12.8 Å². The van der Waals surface area contributed by atoms with Crippen molar-refractivity contribution in [3.8, 4) is 0 Å². The van der Waals surface area contributed by atoms with Crippen LogP contribution in [-0.2, 0) is 4.79 Å². The van der Waals surface area contributed by atoms with Crippen molar-refractivity contribution in [3.63, 3.8) is 0 Å². The zero-order valence-electron chi connectivity index (χ0n) is 17.3. The minimum absolute atomic E-state index is 0. The highest BCUT2D eigenvalue weighted by molar-refractivity contribution is 14.0. The number of likely N-dealkylation sites (N-methyl/N-ethyl adjacent to an activating group) is 1. The molecule has 0 saturated carbocycles. The molecular weight excluding hydrogens is 453 g/mol. The Labute approximate surface area is 181 Å². The largest absolute Gasteiger partial charge is 0.370 e. The SMILES string of the molecule is CCNC(=NCCNC(=O)C(C)C)NCCN(CC)c1cccc(C)c1.I. The van der Waals surface area contributed by atoms with Crippen LogP contribution in [0.4, 0.5) is 5.69 Å². The van der Waals surface area contributed by atoms with Crippen LogP contribution >= 0.6 is 24.0 Å². The quantitative estimate of drug-likeness (QED) is 0.205. The first-order chi connectivity index (χ1) is 12.5. The summed E-state index contributed by atoms with van der Waals surface area (Å²) < 4.78 is 0. The summed E-state index contributed by atoms with van der Waals surface area (Å²) in [5.41, 5.74) is 2.51. The topological polar surface area (TPSA) is 68.8 Å². The van der Waals surface area contributed by atoms with Gasteiger partial charge in [-0.2, -0.15) is 0 Å². The van der Waals surface area contributed by atoms with Gasteiger partial charge in [0.25, 0.3) is 0 Å². The lowest BCUT2D eigenvalue weighted by Crippen LogP contribution is -2.42. The van der Waals surface area contributed by atoms with Crippen molar-refractivity contribution in [2.75, 3.05) is 44.2 Å². The van der Waals surface area contributed by atoms with Gasteiger partial charge in [-0.25, -0.2) is 0 Å². The molecule has 0 aliphatic heterocycles. The Kier molecular flexibility index (Phi) is 13.7. The van der Waals surface area contributed by atoms with E-state index in [-0.39, 0.29) is 35.8 Å². The fourth-order valence-corrected chi connectivity index (χ4v) is 2.50. The number of nitrogens with zero attached hydrogens (tertiary/aromatic N) is 2. The summed E-state index contributed by atoms with van der Waals surface area (Å²) in [7, 11) is 0. The van der Waals surface area contributed by atoms with Crippen LogP contribution in [0.25, 0.3) is 0 Å². The van der Waals surface area contributed by atoms with Crippen molar-refractivity contribution in [1.29, 1.82) is 0 Å². The molecule has 0 aliphatic carbocycles. The lowest BCUT2D eigenvalue weighted by atomic mass is 10.2. The van der Waals surface area contributed by atoms with Gasteiger partial charge >= 0.3 is 0 Å². The molecule has 154 valence electrons. The Morgan fingerprint density at radius 2 is 1.89 bits per heavy atom. The van der Waals surface area contributed by atoms with E-state index >= 15 is 0 Å². The van der Waals surface area contributed by atoms with Crippen LogP contribution in [0.2, 0.25) is 0 Å². The molecule has 6 nitrogen and oxygen atoms in total. The fraction of sp³-hybridized carbons (Fsp3) is 0.600. The van der Waals surface area contributed by atoms with Gasteiger partial charge in [-0.05, 0) is 38.5 Å². The summed E-state index contributed by atoms with van der Waals surface area (Å²) in [5.74, 6) is 0.855. The van der Waals surface area contributed by atoms with Gasteiger partial charge in [-0.3, -0.25) is 9.79 Å². The monoisotopic (exact) mass is 489 g/mol. The Balaban J connectivity index is 0.00000676. The molecule has 1 amide bonds. The highest BCUT2D eigenvalue weighted by Gasteiger charge is 2.06. The Bertz CT molecular complexity index is 577. The minimum Gasteiger partial charge on any atom is -0.370 e. The average Bonchev–Trinajstić information content (AvgIpc) is 2.61. The van der Waals surface area contributed by atoms with Gasteiger partial charge in [0, 0.05) is 44.3 Å². The van der Waals surface area contributed by atoms with E-state index in [1.54, 1.807) is 0 Å². The molecule has 27 heavy (non-hydrogen) atoms. The van der Waals surface area contributed by atoms with Gasteiger partial charge in [0.2, 0.25) is 5.91 Å². The van der Waals surface area contributed by atoms with Crippen LogP contribution in [0.15, 0.2) is 29.3 Å². The number of anilines is 1. The van der Waals surface area contributed by atoms with E-state index < -0.39 is 0 Å². The molecule has 0 bridgehead atoms. The standard InChI is InChI=1S/C20H35N5O.HI/c1-6-21-20(23-12-11-22-19(26)16(3)4)24-13-14-25(7-2)18-10-8-9-17(5)15-18;/h8-10,15-16H,6-7,11-14H2,1-5H3,(H,22,26)(H2,21,23,24);1H. The number of benzene rings is 1. The number of aryl methyl sites for hydroxylation is 1. The molecule has 0 spiro atoms. The predicted octanol–water partition coefficient (Wildman–Crippen LogP) is 2.77.